The number of fused-ring (bicyclic) bond motifs is 5. The maximum atomic E-state index is 12.4. The predicted molar refractivity (Wildman–Crippen MR) is 75.6 cm³/mol. The Kier molecular flexibility index (Phi) is 2.77. The summed E-state index contributed by atoms with van der Waals surface area (Å²) in [6.07, 6.45) is 12.1. The Balaban J connectivity index is 1.59. The third-order valence-electron chi connectivity index (χ3n) is 5.51. The lowest BCUT2D eigenvalue weighted by Crippen LogP contribution is -2.34. The van der Waals surface area contributed by atoms with Crippen molar-refractivity contribution in [3.8, 4) is 0 Å². The molecular formula is C16H20ClNO. The second-order valence-corrected chi connectivity index (χ2v) is 6.95. The number of carbonyl (C=O) groups excluding carboxylic acids is 1. The number of rotatable bonds is 2. The molecule has 0 heterocycles. The molecular weight excluding hydrogens is 258 g/mol. The van der Waals surface area contributed by atoms with Crippen LogP contribution in [0.5, 0.6) is 0 Å². The molecule has 0 amide bonds. The molecule has 2 nitrogen and oxygen atoms in total. The van der Waals surface area contributed by atoms with Gasteiger partial charge in [-0.25, -0.2) is 0 Å². The molecule has 102 valence electrons. The molecule has 4 aliphatic rings. The van der Waals surface area contributed by atoms with Crippen molar-refractivity contribution in [2.24, 2.45) is 23.7 Å². The van der Waals surface area contributed by atoms with Gasteiger partial charge >= 0.3 is 0 Å². The first kappa shape index (κ1) is 12.0. The highest BCUT2D eigenvalue weighted by Gasteiger charge is 2.55. The standard InChI is InChI=1S/C16H20ClNO/c17-14-15(18-11-4-2-1-3-5-11)12-9-6-7-10(8-9)13(12)16(14)19/h6-7,9-13,18H,1-5,8H2. The van der Waals surface area contributed by atoms with Crippen molar-refractivity contribution in [3.63, 3.8) is 0 Å². The smallest absolute Gasteiger partial charge is 0.180 e. The topological polar surface area (TPSA) is 29.1 Å². The maximum absolute atomic E-state index is 12.4. The van der Waals surface area contributed by atoms with Crippen LogP contribution in [0.4, 0.5) is 0 Å². The van der Waals surface area contributed by atoms with Crippen LogP contribution in [0.15, 0.2) is 22.9 Å². The van der Waals surface area contributed by atoms with Gasteiger partial charge in [0.1, 0.15) is 5.03 Å². The lowest BCUT2D eigenvalue weighted by atomic mass is 9.83. The van der Waals surface area contributed by atoms with Crippen molar-refractivity contribution in [2.45, 2.75) is 44.6 Å². The number of nitrogens with one attached hydrogen (secondary N) is 1. The first-order valence-corrected chi connectivity index (χ1v) is 8.02. The van der Waals surface area contributed by atoms with Gasteiger partial charge in [0.25, 0.3) is 0 Å². The third kappa shape index (κ3) is 1.72. The number of ketones is 1. The zero-order chi connectivity index (χ0) is 13.0. The summed E-state index contributed by atoms with van der Waals surface area (Å²) < 4.78 is 0. The molecule has 4 aliphatic carbocycles. The summed E-state index contributed by atoms with van der Waals surface area (Å²) in [6, 6.07) is 0.534. The minimum Gasteiger partial charge on any atom is -0.384 e. The van der Waals surface area contributed by atoms with Crippen LogP contribution in [0.3, 0.4) is 0 Å². The van der Waals surface area contributed by atoms with E-state index in [2.05, 4.69) is 17.5 Å². The fourth-order valence-electron chi connectivity index (χ4n) is 4.63. The zero-order valence-electron chi connectivity index (χ0n) is 11.1. The van der Waals surface area contributed by atoms with E-state index >= 15 is 0 Å². The van der Waals surface area contributed by atoms with Crippen molar-refractivity contribution in [1.82, 2.24) is 5.32 Å². The molecule has 3 heteroatoms. The number of halogens is 1. The van der Waals surface area contributed by atoms with Gasteiger partial charge in [0.2, 0.25) is 0 Å². The van der Waals surface area contributed by atoms with Crippen molar-refractivity contribution in [3.05, 3.63) is 22.9 Å². The van der Waals surface area contributed by atoms with Crippen molar-refractivity contribution < 1.29 is 4.79 Å². The lowest BCUT2D eigenvalue weighted by Gasteiger charge is -2.29. The lowest BCUT2D eigenvalue weighted by molar-refractivity contribution is -0.119. The van der Waals surface area contributed by atoms with Gasteiger partial charge in [-0.05, 0) is 31.1 Å². The number of carbonyl (C=O) groups is 1. The van der Waals surface area contributed by atoms with Crippen LogP contribution >= 0.6 is 11.6 Å². The Bertz CT molecular complexity index is 475. The molecule has 2 bridgehead atoms. The van der Waals surface area contributed by atoms with Gasteiger partial charge in [0.05, 0.1) is 0 Å². The molecule has 4 rings (SSSR count). The first-order valence-electron chi connectivity index (χ1n) is 7.64. The summed E-state index contributed by atoms with van der Waals surface area (Å²) in [7, 11) is 0. The van der Waals surface area contributed by atoms with Gasteiger partial charge in [-0.1, -0.05) is 43.0 Å². The van der Waals surface area contributed by atoms with Crippen LogP contribution < -0.4 is 5.32 Å². The zero-order valence-corrected chi connectivity index (χ0v) is 11.8. The minimum atomic E-state index is 0.147. The molecule has 0 aromatic carbocycles. The second-order valence-electron chi connectivity index (χ2n) is 6.57. The largest absolute Gasteiger partial charge is 0.384 e. The molecule has 2 saturated carbocycles. The third-order valence-corrected chi connectivity index (χ3v) is 5.90. The van der Waals surface area contributed by atoms with E-state index in [1.807, 2.05) is 0 Å². The number of allylic oxidation sites excluding steroid dienone is 4. The van der Waals surface area contributed by atoms with Crippen LogP contribution in [0.25, 0.3) is 0 Å². The van der Waals surface area contributed by atoms with Crippen LogP contribution in [-0.2, 0) is 4.79 Å². The Morgan fingerprint density at radius 1 is 1.05 bits per heavy atom. The highest BCUT2D eigenvalue weighted by Crippen LogP contribution is 2.56. The Hall–Kier alpha value is -0.760. The normalized spacial score (nSPS) is 41.2. The van der Waals surface area contributed by atoms with E-state index in [0.29, 0.717) is 28.8 Å². The number of hydrogen-bond donors (Lipinski definition) is 1. The minimum absolute atomic E-state index is 0.147. The molecule has 4 unspecified atom stereocenters. The maximum Gasteiger partial charge on any atom is 0.180 e. The molecule has 0 aromatic heterocycles. The van der Waals surface area contributed by atoms with Gasteiger partial charge < -0.3 is 5.32 Å². The molecule has 19 heavy (non-hydrogen) atoms. The molecule has 2 fully saturated rings. The number of hydrogen-bond acceptors (Lipinski definition) is 2. The van der Waals surface area contributed by atoms with Gasteiger partial charge in [0, 0.05) is 23.6 Å². The van der Waals surface area contributed by atoms with Crippen molar-refractivity contribution in [2.75, 3.05) is 0 Å². The summed E-state index contributed by atoms with van der Waals surface area (Å²) in [6.45, 7) is 0. The highest BCUT2D eigenvalue weighted by atomic mass is 35.5. The van der Waals surface area contributed by atoms with E-state index in [1.165, 1.54) is 32.1 Å². The van der Waals surface area contributed by atoms with E-state index in [-0.39, 0.29) is 11.7 Å². The summed E-state index contributed by atoms with van der Waals surface area (Å²) in [5.74, 6) is 1.69. The quantitative estimate of drug-likeness (QED) is 0.784. The fourth-order valence-corrected chi connectivity index (χ4v) is 4.93. The average molecular weight is 278 g/mol. The predicted octanol–water partition coefficient (Wildman–Crippen LogP) is 3.38. The molecule has 4 atom stereocenters. The summed E-state index contributed by atoms with van der Waals surface area (Å²) in [5.41, 5.74) is 1.08. The summed E-state index contributed by atoms with van der Waals surface area (Å²) in [5, 5.41) is 4.16. The van der Waals surface area contributed by atoms with Gasteiger partial charge in [-0.15, -0.1) is 0 Å². The monoisotopic (exact) mass is 277 g/mol. The van der Waals surface area contributed by atoms with E-state index in [0.717, 1.165) is 12.1 Å². The summed E-state index contributed by atoms with van der Waals surface area (Å²) >= 11 is 6.35. The average Bonchev–Trinajstić information content (AvgIpc) is 3.10. The molecule has 0 saturated heterocycles. The van der Waals surface area contributed by atoms with E-state index in [4.69, 9.17) is 11.6 Å². The molecule has 0 aliphatic heterocycles. The van der Waals surface area contributed by atoms with Crippen molar-refractivity contribution >= 4 is 17.4 Å². The van der Waals surface area contributed by atoms with E-state index in [1.54, 1.807) is 0 Å². The first-order chi connectivity index (χ1) is 9.25. The van der Waals surface area contributed by atoms with E-state index < -0.39 is 0 Å². The van der Waals surface area contributed by atoms with Crippen LogP contribution in [0.2, 0.25) is 0 Å². The van der Waals surface area contributed by atoms with Crippen LogP contribution in [-0.4, -0.2) is 11.8 Å². The van der Waals surface area contributed by atoms with Gasteiger partial charge in [0.15, 0.2) is 5.78 Å². The van der Waals surface area contributed by atoms with Crippen molar-refractivity contribution in [1.29, 1.82) is 0 Å². The van der Waals surface area contributed by atoms with Crippen LogP contribution in [0, 0.1) is 23.7 Å². The van der Waals surface area contributed by atoms with Gasteiger partial charge in [-0.2, -0.15) is 0 Å². The van der Waals surface area contributed by atoms with Gasteiger partial charge in [-0.3, -0.25) is 4.79 Å². The van der Waals surface area contributed by atoms with Crippen LogP contribution in [0.1, 0.15) is 38.5 Å². The molecule has 0 spiro atoms. The Morgan fingerprint density at radius 3 is 2.47 bits per heavy atom. The Morgan fingerprint density at radius 2 is 1.74 bits per heavy atom. The second kappa shape index (κ2) is 4.37. The molecule has 1 N–H and O–H groups in total. The fraction of sp³-hybridized carbons (Fsp3) is 0.688. The molecule has 0 aromatic rings. The Labute approximate surface area is 119 Å². The SMILES string of the molecule is O=C1C(Cl)=C(NC2CCCCC2)C2C3C=CC(C3)C12. The highest BCUT2D eigenvalue weighted by molar-refractivity contribution is 6.44. The molecule has 0 radical (unpaired) electrons. The van der Waals surface area contributed by atoms with E-state index in [9.17, 15) is 4.79 Å². The number of Topliss-reactive ketones (excluding diaryl/α,β-unsaturated/α-hetero) is 1. The summed E-state index contributed by atoms with van der Waals surface area (Å²) in [4.78, 5) is 12.4.